The maximum Gasteiger partial charge on any atom is 0.248 e. The number of para-hydroxylation sites is 2. The summed E-state index contributed by atoms with van der Waals surface area (Å²) in [5.41, 5.74) is 2.85. The molecule has 0 atom stereocenters. The molecule has 1 amide bonds. The highest BCUT2D eigenvalue weighted by atomic mass is 16.5. The van der Waals surface area contributed by atoms with Crippen molar-refractivity contribution in [2.75, 3.05) is 12.4 Å². The van der Waals surface area contributed by atoms with Crippen LogP contribution in [-0.2, 0) is 4.79 Å². The van der Waals surface area contributed by atoms with Crippen molar-refractivity contribution < 1.29 is 9.53 Å². The summed E-state index contributed by atoms with van der Waals surface area (Å²) in [6, 6.07) is 15.4. The molecule has 3 nitrogen and oxygen atoms in total. The van der Waals surface area contributed by atoms with Crippen LogP contribution < -0.4 is 10.1 Å². The highest BCUT2D eigenvalue weighted by Gasteiger charge is 2.07. The van der Waals surface area contributed by atoms with Crippen LogP contribution in [0.15, 0.2) is 54.6 Å². The average molecular weight is 295 g/mol. The topological polar surface area (TPSA) is 38.3 Å². The van der Waals surface area contributed by atoms with E-state index in [2.05, 4.69) is 19.2 Å². The minimum atomic E-state index is -0.154. The Labute approximate surface area is 131 Å². The van der Waals surface area contributed by atoms with Gasteiger partial charge in [0, 0.05) is 17.3 Å². The first-order chi connectivity index (χ1) is 10.6. The Bertz CT molecular complexity index is 675. The van der Waals surface area contributed by atoms with E-state index >= 15 is 0 Å². The molecule has 0 saturated heterocycles. The molecule has 114 valence electrons. The molecule has 1 N–H and O–H groups in total. The van der Waals surface area contributed by atoms with E-state index in [1.165, 1.54) is 6.08 Å². The van der Waals surface area contributed by atoms with Gasteiger partial charge in [0.1, 0.15) is 5.75 Å². The van der Waals surface area contributed by atoms with Gasteiger partial charge in [-0.2, -0.15) is 0 Å². The van der Waals surface area contributed by atoms with Gasteiger partial charge in [0.2, 0.25) is 5.91 Å². The third kappa shape index (κ3) is 3.98. The zero-order valence-corrected chi connectivity index (χ0v) is 13.2. The maximum absolute atomic E-state index is 12.1. The maximum atomic E-state index is 12.1. The zero-order chi connectivity index (χ0) is 15.9. The number of nitrogens with one attached hydrogen (secondary N) is 1. The molecule has 0 unspecified atom stereocenters. The fourth-order valence-corrected chi connectivity index (χ4v) is 2.26. The number of carbonyl (C=O) groups is 1. The Morgan fingerprint density at radius 1 is 1.09 bits per heavy atom. The van der Waals surface area contributed by atoms with Crippen molar-refractivity contribution >= 4 is 17.7 Å². The fraction of sp³-hybridized carbons (Fsp3) is 0.211. The summed E-state index contributed by atoms with van der Waals surface area (Å²) in [5.74, 6) is 0.947. The molecule has 0 saturated carbocycles. The molecule has 2 aromatic carbocycles. The summed E-state index contributed by atoms with van der Waals surface area (Å²) in [7, 11) is 1.62. The molecule has 0 aliphatic carbocycles. The van der Waals surface area contributed by atoms with E-state index in [1.807, 2.05) is 48.5 Å². The minimum Gasteiger partial charge on any atom is -0.496 e. The first-order valence-corrected chi connectivity index (χ1v) is 7.33. The number of hydrogen-bond acceptors (Lipinski definition) is 2. The van der Waals surface area contributed by atoms with Crippen molar-refractivity contribution in [2.45, 2.75) is 19.8 Å². The van der Waals surface area contributed by atoms with E-state index in [4.69, 9.17) is 4.74 Å². The number of ether oxygens (including phenoxy) is 1. The normalized spacial score (nSPS) is 10.9. The molecule has 2 rings (SSSR count). The van der Waals surface area contributed by atoms with Crippen LogP contribution in [0.2, 0.25) is 0 Å². The van der Waals surface area contributed by atoms with Crippen LogP contribution in [0.1, 0.15) is 30.9 Å². The van der Waals surface area contributed by atoms with Crippen LogP contribution in [0.4, 0.5) is 5.69 Å². The SMILES string of the molecule is COc1ccccc1/C=C/C(=O)Nc1ccccc1C(C)C. The van der Waals surface area contributed by atoms with E-state index in [0.717, 1.165) is 22.6 Å². The summed E-state index contributed by atoms with van der Waals surface area (Å²) in [5, 5.41) is 2.93. The number of carbonyl (C=O) groups excluding carboxylic acids is 1. The predicted molar refractivity (Wildman–Crippen MR) is 91.2 cm³/mol. The van der Waals surface area contributed by atoms with Gasteiger partial charge in [-0.15, -0.1) is 0 Å². The van der Waals surface area contributed by atoms with Crippen LogP contribution in [0.5, 0.6) is 5.75 Å². The number of benzene rings is 2. The third-order valence-electron chi connectivity index (χ3n) is 3.39. The van der Waals surface area contributed by atoms with Crippen LogP contribution in [-0.4, -0.2) is 13.0 Å². The molecule has 0 aliphatic heterocycles. The molecule has 0 spiro atoms. The quantitative estimate of drug-likeness (QED) is 0.826. The summed E-state index contributed by atoms with van der Waals surface area (Å²) in [6.45, 7) is 4.21. The van der Waals surface area contributed by atoms with Crippen molar-refractivity contribution in [3.8, 4) is 5.75 Å². The molecule has 0 radical (unpaired) electrons. The third-order valence-corrected chi connectivity index (χ3v) is 3.39. The van der Waals surface area contributed by atoms with Crippen LogP contribution >= 0.6 is 0 Å². The Kier molecular flexibility index (Phi) is 5.37. The molecule has 0 fully saturated rings. The van der Waals surface area contributed by atoms with Gasteiger partial charge in [0.15, 0.2) is 0 Å². The lowest BCUT2D eigenvalue weighted by molar-refractivity contribution is -0.111. The molecular weight excluding hydrogens is 274 g/mol. The number of amides is 1. The Morgan fingerprint density at radius 2 is 1.77 bits per heavy atom. The standard InChI is InChI=1S/C19H21NO2/c1-14(2)16-9-5-6-10-17(16)20-19(21)13-12-15-8-4-7-11-18(15)22-3/h4-14H,1-3H3,(H,20,21)/b13-12+. The predicted octanol–water partition coefficient (Wildman–Crippen LogP) is 4.47. The van der Waals surface area contributed by atoms with E-state index in [1.54, 1.807) is 13.2 Å². The first kappa shape index (κ1) is 15.8. The monoisotopic (exact) mass is 295 g/mol. The molecule has 2 aromatic rings. The summed E-state index contributed by atoms with van der Waals surface area (Å²) in [4.78, 5) is 12.1. The molecule has 0 heterocycles. The van der Waals surface area contributed by atoms with Gasteiger partial charge < -0.3 is 10.1 Å². The summed E-state index contributed by atoms with van der Waals surface area (Å²) < 4.78 is 5.26. The number of rotatable bonds is 5. The molecular formula is C19H21NO2. The molecule has 0 bridgehead atoms. The number of methoxy groups -OCH3 is 1. The van der Waals surface area contributed by atoms with Crippen molar-refractivity contribution in [3.63, 3.8) is 0 Å². The molecule has 0 aliphatic rings. The van der Waals surface area contributed by atoms with Crippen LogP contribution in [0.3, 0.4) is 0 Å². The van der Waals surface area contributed by atoms with Gasteiger partial charge in [-0.05, 0) is 29.7 Å². The summed E-state index contributed by atoms with van der Waals surface area (Å²) >= 11 is 0. The fourth-order valence-electron chi connectivity index (χ4n) is 2.26. The Hall–Kier alpha value is -2.55. The van der Waals surface area contributed by atoms with E-state index in [9.17, 15) is 4.79 Å². The van der Waals surface area contributed by atoms with Crippen molar-refractivity contribution in [3.05, 3.63) is 65.7 Å². The van der Waals surface area contributed by atoms with Crippen LogP contribution in [0.25, 0.3) is 6.08 Å². The van der Waals surface area contributed by atoms with Gasteiger partial charge >= 0.3 is 0 Å². The highest BCUT2D eigenvalue weighted by molar-refractivity contribution is 6.02. The molecule has 3 heteroatoms. The summed E-state index contributed by atoms with van der Waals surface area (Å²) in [6.07, 6.45) is 3.28. The lowest BCUT2D eigenvalue weighted by atomic mass is 10.0. The van der Waals surface area contributed by atoms with Gasteiger partial charge in [0.05, 0.1) is 7.11 Å². The van der Waals surface area contributed by atoms with E-state index in [0.29, 0.717) is 5.92 Å². The lowest BCUT2D eigenvalue weighted by Gasteiger charge is -2.12. The Balaban J connectivity index is 2.12. The van der Waals surface area contributed by atoms with Gasteiger partial charge in [0.25, 0.3) is 0 Å². The van der Waals surface area contributed by atoms with Crippen molar-refractivity contribution in [1.29, 1.82) is 0 Å². The molecule has 22 heavy (non-hydrogen) atoms. The molecule has 0 aromatic heterocycles. The first-order valence-electron chi connectivity index (χ1n) is 7.33. The van der Waals surface area contributed by atoms with Crippen molar-refractivity contribution in [1.82, 2.24) is 0 Å². The largest absolute Gasteiger partial charge is 0.496 e. The highest BCUT2D eigenvalue weighted by Crippen LogP contribution is 2.24. The second-order valence-electron chi connectivity index (χ2n) is 5.31. The van der Waals surface area contributed by atoms with Crippen molar-refractivity contribution in [2.24, 2.45) is 0 Å². The smallest absolute Gasteiger partial charge is 0.248 e. The van der Waals surface area contributed by atoms with Gasteiger partial charge in [-0.25, -0.2) is 0 Å². The van der Waals surface area contributed by atoms with E-state index in [-0.39, 0.29) is 5.91 Å². The average Bonchev–Trinajstić information content (AvgIpc) is 2.53. The lowest BCUT2D eigenvalue weighted by Crippen LogP contribution is -2.10. The van der Waals surface area contributed by atoms with Crippen LogP contribution in [0, 0.1) is 0 Å². The van der Waals surface area contributed by atoms with E-state index < -0.39 is 0 Å². The van der Waals surface area contributed by atoms with Gasteiger partial charge in [-0.1, -0.05) is 50.2 Å². The van der Waals surface area contributed by atoms with Gasteiger partial charge in [-0.3, -0.25) is 4.79 Å². The number of anilines is 1. The second-order valence-corrected chi connectivity index (χ2v) is 5.31. The minimum absolute atomic E-state index is 0.154. The Morgan fingerprint density at radius 3 is 2.50 bits per heavy atom. The zero-order valence-electron chi connectivity index (χ0n) is 13.2. The number of hydrogen-bond donors (Lipinski definition) is 1. The second kappa shape index (κ2) is 7.46.